The van der Waals surface area contributed by atoms with Crippen molar-refractivity contribution in [3.05, 3.63) is 0 Å². The Hall–Kier alpha value is -0.530. The molecule has 0 spiro atoms. The van der Waals surface area contributed by atoms with Crippen molar-refractivity contribution in [2.75, 3.05) is 0 Å². The summed E-state index contributed by atoms with van der Waals surface area (Å²) < 4.78 is 0. The second-order valence-electron chi connectivity index (χ2n) is 3.89. The number of hydrogen-bond donors (Lipinski definition) is 1. The van der Waals surface area contributed by atoms with E-state index in [2.05, 4.69) is 12.2 Å². The Labute approximate surface area is 68.4 Å². The van der Waals surface area contributed by atoms with Crippen LogP contribution in [0.3, 0.4) is 0 Å². The molecule has 1 aliphatic rings. The number of rotatable bonds is 3. The van der Waals surface area contributed by atoms with Gasteiger partial charge >= 0.3 is 0 Å². The van der Waals surface area contributed by atoms with Crippen LogP contribution in [0.1, 0.15) is 40.0 Å². The first-order chi connectivity index (χ1) is 5.09. The van der Waals surface area contributed by atoms with E-state index in [0.717, 1.165) is 6.42 Å². The van der Waals surface area contributed by atoms with Crippen molar-refractivity contribution in [3.63, 3.8) is 0 Å². The van der Waals surface area contributed by atoms with Gasteiger partial charge in [-0.05, 0) is 20.3 Å². The molecule has 0 aromatic heterocycles. The minimum atomic E-state index is -0.102. The lowest BCUT2D eigenvalue weighted by atomic mass is 9.74. The van der Waals surface area contributed by atoms with E-state index in [1.54, 1.807) is 0 Å². The van der Waals surface area contributed by atoms with Gasteiger partial charge in [-0.3, -0.25) is 4.79 Å². The predicted octanol–water partition coefficient (Wildman–Crippen LogP) is 1.70. The molecule has 1 saturated heterocycles. The van der Waals surface area contributed by atoms with Gasteiger partial charge in [0, 0.05) is 6.04 Å². The zero-order valence-electron chi connectivity index (χ0n) is 7.61. The monoisotopic (exact) mass is 155 g/mol. The first-order valence-electron chi connectivity index (χ1n) is 4.40. The summed E-state index contributed by atoms with van der Waals surface area (Å²) in [5.74, 6) is 0.207. The molecule has 1 aliphatic heterocycles. The summed E-state index contributed by atoms with van der Waals surface area (Å²) in [5.41, 5.74) is -0.102. The van der Waals surface area contributed by atoms with E-state index in [9.17, 15) is 4.79 Å². The van der Waals surface area contributed by atoms with Gasteiger partial charge in [-0.1, -0.05) is 19.8 Å². The predicted molar refractivity (Wildman–Crippen MR) is 45.2 cm³/mol. The molecule has 1 heterocycles. The van der Waals surface area contributed by atoms with Gasteiger partial charge in [-0.15, -0.1) is 0 Å². The fraction of sp³-hybridized carbons (Fsp3) is 0.889. The minimum absolute atomic E-state index is 0.102. The molecule has 2 heteroatoms. The molecule has 1 rings (SSSR count). The van der Waals surface area contributed by atoms with Crippen molar-refractivity contribution in [2.24, 2.45) is 5.41 Å². The molecule has 0 radical (unpaired) electrons. The molecule has 1 atom stereocenters. The molecular formula is C9H17NO. The second kappa shape index (κ2) is 2.84. The number of unbranched alkanes of at least 4 members (excludes halogenated alkanes) is 1. The van der Waals surface area contributed by atoms with Crippen molar-refractivity contribution in [3.8, 4) is 0 Å². The molecule has 1 unspecified atom stereocenters. The molecule has 0 aromatic rings. The highest BCUT2D eigenvalue weighted by Gasteiger charge is 2.46. The average Bonchev–Trinajstić information content (AvgIpc) is 1.97. The summed E-state index contributed by atoms with van der Waals surface area (Å²) in [6.45, 7) is 6.21. The highest BCUT2D eigenvalue weighted by molar-refractivity contribution is 5.89. The van der Waals surface area contributed by atoms with Gasteiger partial charge in [0.1, 0.15) is 0 Å². The van der Waals surface area contributed by atoms with Crippen LogP contribution in [-0.4, -0.2) is 11.9 Å². The Morgan fingerprint density at radius 1 is 1.55 bits per heavy atom. The van der Waals surface area contributed by atoms with Gasteiger partial charge in [0.2, 0.25) is 5.91 Å². The Bertz CT molecular complexity index is 163. The third-order valence-corrected chi connectivity index (χ3v) is 2.61. The van der Waals surface area contributed by atoms with Gasteiger partial charge in [0.25, 0.3) is 0 Å². The van der Waals surface area contributed by atoms with Crippen LogP contribution in [0.25, 0.3) is 0 Å². The summed E-state index contributed by atoms with van der Waals surface area (Å²) in [6, 6.07) is 0.426. The van der Waals surface area contributed by atoms with E-state index in [1.165, 1.54) is 12.8 Å². The Morgan fingerprint density at radius 3 is 2.55 bits per heavy atom. The maximum Gasteiger partial charge on any atom is 0.227 e. The average molecular weight is 155 g/mol. The molecule has 1 N–H and O–H groups in total. The van der Waals surface area contributed by atoms with Crippen LogP contribution >= 0.6 is 0 Å². The smallest absolute Gasteiger partial charge is 0.227 e. The lowest BCUT2D eigenvalue weighted by Gasteiger charge is -2.44. The van der Waals surface area contributed by atoms with Crippen LogP contribution in [0.15, 0.2) is 0 Å². The van der Waals surface area contributed by atoms with E-state index in [1.807, 2.05) is 13.8 Å². The summed E-state index contributed by atoms with van der Waals surface area (Å²) in [6.07, 6.45) is 3.56. The summed E-state index contributed by atoms with van der Waals surface area (Å²) in [5, 5.41) is 2.93. The Morgan fingerprint density at radius 2 is 2.18 bits per heavy atom. The standard InChI is InChI=1S/C9H17NO/c1-4-5-6-7-9(2,3)8(11)10-7/h7H,4-6H2,1-3H3,(H,10,11). The topological polar surface area (TPSA) is 29.1 Å². The lowest BCUT2D eigenvalue weighted by molar-refractivity contribution is -0.143. The lowest BCUT2D eigenvalue weighted by Crippen LogP contribution is -2.64. The fourth-order valence-corrected chi connectivity index (χ4v) is 1.45. The van der Waals surface area contributed by atoms with Crippen LogP contribution in [-0.2, 0) is 4.79 Å². The maximum atomic E-state index is 11.0. The van der Waals surface area contributed by atoms with E-state index in [0.29, 0.717) is 6.04 Å². The number of amides is 1. The van der Waals surface area contributed by atoms with Gasteiger partial charge in [0.05, 0.1) is 5.41 Å². The Balaban J connectivity index is 2.34. The quantitative estimate of drug-likeness (QED) is 0.617. The third kappa shape index (κ3) is 1.39. The van der Waals surface area contributed by atoms with Gasteiger partial charge in [-0.2, -0.15) is 0 Å². The van der Waals surface area contributed by atoms with Gasteiger partial charge in [0.15, 0.2) is 0 Å². The normalized spacial score (nSPS) is 27.5. The van der Waals surface area contributed by atoms with Crippen LogP contribution in [0.5, 0.6) is 0 Å². The van der Waals surface area contributed by atoms with E-state index in [-0.39, 0.29) is 11.3 Å². The van der Waals surface area contributed by atoms with Crippen molar-refractivity contribution in [1.82, 2.24) is 5.32 Å². The number of carbonyl (C=O) groups is 1. The molecule has 0 aromatic carbocycles. The van der Waals surface area contributed by atoms with Crippen molar-refractivity contribution in [2.45, 2.75) is 46.1 Å². The first kappa shape index (κ1) is 8.57. The number of β-lactam (4-membered cyclic amide) rings is 1. The highest BCUT2D eigenvalue weighted by atomic mass is 16.2. The molecule has 64 valence electrons. The van der Waals surface area contributed by atoms with Crippen LogP contribution in [0.4, 0.5) is 0 Å². The SMILES string of the molecule is CCCCC1NC(=O)C1(C)C. The molecule has 11 heavy (non-hydrogen) atoms. The molecule has 1 amide bonds. The van der Waals surface area contributed by atoms with Crippen molar-refractivity contribution in [1.29, 1.82) is 0 Å². The van der Waals surface area contributed by atoms with E-state index < -0.39 is 0 Å². The minimum Gasteiger partial charge on any atom is -0.352 e. The van der Waals surface area contributed by atoms with Crippen LogP contribution in [0.2, 0.25) is 0 Å². The number of carbonyl (C=O) groups excluding carboxylic acids is 1. The second-order valence-corrected chi connectivity index (χ2v) is 3.89. The molecule has 0 aliphatic carbocycles. The highest BCUT2D eigenvalue weighted by Crippen LogP contribution is 2.32. The molecule has 0 bridgehead atoms. The van der Waals surface area contributed by atoms with E-state index in [4.69, 9.17) is 0 Å². The third-order valence-electron chi connectivity index (χ3n) is 2.61. The molecule has 0 saturated carbocycles. The van der Waals surface area contributed by atoms with Gasteiger partial charge in [-0.25, -0.2) is 0 Å². The van der Waals surface area contributed by atoms with Crippen molar-refractivity contribution < 1.29 is 4.79 Å². The summed E-state index contributed by atoms with van der Waals surface area (Å²) in [4.78, 5) is 11.0. The van der Waals surface area contributed by atoms with Crippen molar-refractivity contribution >= 4 is 5.91 Å². The fourth-order valence-electron chi connectivity index (χ4n) is 1.45. The molecular weight excluding hydrogens is 138 g/mol. The van der Waals surface area contributed by atoms with Gasteiger partial charge < -0.3 is 5.32 Å². The molecule has 1 fully saturated rings. The zero-order valence-corrected chi connectivity index (χ0v) is 7.61. The summed E-state index contributed by atoms with van der Waals surface area (Å²) >= 11 is 0. The van der Waals surface area contributed by atoms with E-state index >= 15 is 0 Å². The summed E-state index contributed by atoms with van der Waals surface area (Å²) in [7, 11) is 0. The largest absolute Gasteiger partial charge is 0.352 e. The number of hydrogen-bond acceptors (Lipinski definition) is 1. The van der Waals surface area contributed by atoms with Crippen LogP contribution < -0.4 is 5.32 Å². The Kier molecular flexibility index (Phi) is 2.21. The van der Waals surface area contributed by atoms with Crippen LogP contribution in [0, 0.1) is 5.41 Å². The maximum absolute atomic E-state index is 11.0. The molecule has 2 nitrogen and oxygen atoms in total. The number of nitrogens with one attached hydrogen (secondary N) is 1. The zero-order chi connectivity index (χ0) is 8.48. The first-order valence-corrected chi connectivity index (χ1v) is 4.40.